The molecule has 0 saturated heterocycles. The van der Waals surface area contributed by atoms with Gasteiger partial charge in [0.2, 0.25) is 0 Å². The molecule has 5 nitrogen and oxygen atoms in total. The van der Waals surface area contributed by atoms with Crippen LogP contribution in [-0.2, 0) is 19.4 Å². The molecule has 0 heterocycles. The number of fused-ring (bicyclic) bond motifs is 5. The molecule has 2 saturated carbocycles. The number of carbonyl (C=O) groups is 1. The first-order chi connectivity index (χ1) is 12.5. The normalized spacial score (nSPS) is 43.9. The van der Waals surface area contributed by atoms with Crippen LogP contribution in [0.4, 0.5) is 0 Å². The first-order valence-corrected chi connectivity index (χ1v) is 11.5. The fourth-order valence-corrected chi connectivity index (χ4v) is 7.50. The Bertz CT molecular complexity index is 826. The Hall–Kier alpha value is -0.980. The molecule has 150 valence electrons. The lowest BCUT2D eigenvalue weighted by Gasteiger charge is -2.57. The molecule has 0 aromatic rings. The second-order valence-electron chi connectivity index (χ2n) is 9.51. The van der Waals surface area contributed by atoms with Crippen molar-refractivity contribution in [2.24, 2.45) is 28.6 Å². The fraction of sp³-hybridized carbons (Fsp3) is 0.762. The van der Waals surface area contributed by atoms with Gasteiger partial charge in [-0.05, 0) is 86.0 Å². The number of allylic oxidation sites excluding steroid dienone is 3. The molecule has 4 rings (SSSR count). The standard InChI is InChI=1S/C21H30O5S/c1-13(22)17-6-7-18-16-5-4-14-12-15(26-27(23,24)25)8-10-20(14,2)19(16)9-11-21(17,18)3/h4,6,15-16,18-19H,5,7-12H2,1-3H3,(H,23,24,25)/t15?,16-,18-,19-,20-,21+/m0/s1. The van der Waals surface area contributed by atoms with Crippen molar-refractivity contribution < 1.29 is 21.9 Å². The first kappa shape index (κ1) is 19.3. The molecular weight excluding hydrogens is 364 g/mol. The van der Waals surface area contributed by atoms with Gasteiger partial charge in [-0.25, -0.2) is 4.18 Å². The molecular formula is C21H30O5S. The SMILES string of the molecule is CC(=O)C1=CC[C@H]2[C@@H]3CC=C4CC(OS(=O)(=O)O)CC[C@]4(C)[C@H]3CC[C@]12C. The van der Waals surface area contributed by atoms with Crippen LogP contribution in [-0.4, -0.2) is 24.9 Å². The van der Waals surface area contributed by atoms with E-state index in [-0.39, 0.29) is 16.6 Å². The maximum Gasteiger partial charge on any atom is 0.397 e. The van der Waals surface area contributed by atoms with Crippen molar-refractivity contribution in [1.29, 1.82) is 0 Å². The van der Waals surface area contributed by atoms with Gasteiger partial charge in [0.1, 0.15) is 0 Å². The van der Waals surface area contributed by atoms with Gasteiger partial charge in [0.25, 0.3) is 0 Å². The van der Waals surface area contributed by atoms with Crippen molar-refractivity contribution in [2.75, 3.05) is 0 Å². The zero-order valence-electron chi connectivity index (χ0n) is 16.4. The molecule has 0 amide bonds. The quantitative estimate of drug-likeness (QED) is 0.571. The van der Waals surface area contributed by atoms with E-state index in [1.807, 2.05) is 0 Å². The van der Waals surface area contributed by atoms with E-state index in [1.165, 1.54) is 5.57 Å². The summed E-state index contributed by atoms with van der Waals surface area (Å²) in [6.45, 7) is 6.31. The summed E-state index contributed by atoms with van der Waals surface area (Å²) in [6.07, 6.45) is 10.3. The second kappa shape index (κ2) is 6.26. The maximum absolute atomic E-state index is 12.1. The summed E-state index contributed by atoms with van der Waals surface area (Å²) >= 11 is 0. The van der Waals surface area contributed by atoms with Crippen LogP contribution in [0.2, 0.25) is 0 Å². The van der Waals surface area contributed by atoms with Crippen LogP contribution in [0.1, 0.15) is 65.7 Å². The third-order valence-electron chi connectivity index (χ3n) is 8.28. The zero-order valence-corrected chi connectivity index (χ0v) is 17.2. The lowest BCUT2D eigenvalue weighted by molar-refractivity contribution is -0.115. The molecule has 0 spiro atoms. The number of hydrogen-bond acceptors (Lipinski definition) is 4. The van der Waals surface area contributed by atoms with Crippen molar-refractivity contribution in [1.82, 2.24) is 0 Å². The molecule has 0 radical (unpaired) electrons. The Morgan fingerprint density at radius 3 is 2.48 bits per heavy atom. The number of Topliss-reactive ketones (excluding diaryl/α,β-unsaturated/α-hetero) is 1. The number of carbonyl (C=O) groups excluding carboxylic acids is 1. The van der Waals surface area contributed by atoms with Crippen LogP contribution in [0.25, 0.3) is 0 Å². The van der Waals surface area contributed by atoms with Crippen molar-refractivity contribution in [3.63, 3.8) is 0 Å². The second-order valence-corrected chi connectivity index (χ2v) is 10.6. The van der Waals surface area contributed by atoms with E-state index < -0.39 is 16.5 Å². The van der Waals surface area contributed by atoms with E-state index in [1.54, 1.807) is 6.92 Å². The largest absolute Gasteiger partial charge is 0.397 e. The van der Waals surface area contributed by atoms with E-state index in [4.69, 9.17) is 8.74 Å². The predicted octanol–water partition coefficient (Wildman–Crippen LogP) is 4.26. The highest BCUT2D eigenvalue weighted by Gasteiger charge is 2.57. The lowest BCUT2D eigenvalue weighted by atomic mass is 9.47. The Kier molecular flexibility index (Phi) is 4.48. The van der Waals surface area contributed by atoms with Crippen LogP contribution in [0.3, 0.4) is 0 Å². The van der Waals surface area contributed by atoms with Gasteiger partial charge >= 0.3 is 10.4 Å². The number of hydrogen-bond donors (Lipinski definition) is 1. The molecule has 1 N–H and O–H groups in total. The minimum absolute atomic E-state index is 0.0139. The Morgan fingerprint density at radius 2 is 1.81 bits per heavy atom. The first-order valence-electron chi connectivity index (χ1n) is 10.1. The summed E-state index contributed by atoms with van der Waals surface area (Å²) in [6, 6.07) is 0. The van der Waals surface area contributed by atoms with Gasteiger partial charge in [0, 0.05) is 0 Å². The molecule has 6 heteroatoms. The van der Waals surface area contributed by atoms with E-state index in [2.05, 4.69) is 26.0 Å². The highest BCUT2D eigenvalue weighted by Crippen LogP contribution is 2.65. The average Bonchev–Trinajstić information content (AvgIpc) is 2.91. The van der Waals surface area contributed by atoms with Crippen molar-refractivity contribution in [3.8, 4) is 0 Å². The molecule has 6 atom stereocenters. The van der Waals surface area contributed by atoms with E-state index in [9.17, 15) is 13.2 Å². The minimum atomic E-state index is -4.40. The van der Waals surface area contributed by atoms with Crippen molar-refractivity contribution >= 4 is 16.2 Å². The summed E-state index contributed by atoms with van der Waals surface area (Å²) < 4.78 is 36.1. The Balaban J connectivity index is 1.59. The summed E-state index contributed by atoms with van der Waals surface area (Å²) in [4.78, 5) is 12.1. The van der Waals surface area contributed by atoms with Crippen molar-refractivity contribution in [3.05, 3.63) is 23.3 Å². The molecule has 0 aromatic carbocycles. The zero-order chi connectivity index (χ0) is 19.6. The molecule has 4 aliphatic rings. The van der Waals surface area contributed by atoms with E-state index in [0.717, 1.165) is 37.7 Å². The summed E-state index contributed by atoms with van der Waals surface area (Å²) in [7, 11) is -4.40. The topological polar surface area (TPSA) is 80.7 Å². The molecule has 1 unspecified atom stereocenters. The molecule has 0 bridgehead atoms. The smallest absolute Gasteiger partial charge is 0.295 e. The lowest BCUT2D eigenvalue weighted by Crippen LogP contribution is -2.50. The summed E-state index contributed by atoms with van der Waals surface area (Å²) in [5.74, 6) is 1.89. The highest BCUT2D eigenvalue weighted by atomic mass is 32.3. The van der Waals surface area contributed by atoms with Crippen LogP contribution in [0, 0.1) is 28.6 Å². The van der Waals surface area contributed by atoms with Crippen LogP contribution in [0.15, 0.2) is 23.3 Å². The average molecular weight is 395 g/mol. The molecule has 0 aliphatic heterocycles. The van der Waals surface area contributed by atoms with Gasteiger partial charge in [0.15, 0.2) is 5.78 Å². The summed E-state index contributed by atoms with van der Waals surface area (Å²) in [5, 5.41) is 0. The van der Waals surface area contributed by atoms with Gasteiger partial charge in [-0.2, -0.15) is 8.42 Å². The van der Waals surface area contributed by atoms with Crippen LogP contribution >= 0.6 is 0 Å². The predicted molar refractivity (Wildman–Crippen MR) is 102 cm³/mol. The fourth-order valence-electron chi connectivity index (χ4n) is 6.99. The Morgan fingerprint density at radius 1 is 1.11 bits per heavy atom. The van der Waals surface area contributed by atoms with E-state index >= 15 is 0 Å². The monoisotopic (exact) mass is 394 g/mol. The van der Waals surface area contributed by atoms with Gasteiger partial charge in [-0.3, -0.25) is 9.35 Å². The molecule has 4 aliphatic carbocycles. The van der Waals surface area contributed by atoms with Crippen LogP contribution < -0.4 is 0 Å². The highest BCUT2D eigenvalue weighted by molar-refractivity contribution is 7.80. The minimum Gasteiger partial charge on any atom is -0.295 e. The molecule has 2 fully saturated rings. The van der Waals surface area contributed by atoms with Gasteiger partial charge < -0.3 is 0 Å². The Labute approximate surface area is 162 Å². The molecule has 0 aromatic heterocycles. The third-order valence-corrected chi connectivity index (χ3v) is 8.79. The van der Waals surface area contributed by atoms with Gasteiger partial charge in [0.05, 0.1) is 6.10 Å². The van der Waals surface area contributed by atoms with Gasteiger partial charge in [-0.15, -0.1) is 0 Å². The number of ketones is 1. The van der Waals surface area contributed by atoms with E-state index in [0.29, 0.717) is 30.6 Å². The number of rotatable bonds is 3. The van der Waals surface area contributed by atoms with Crippen molar-refractivity contribution in [2.45, 2.75) is 71.8 Å². The maximum atomic E-state index is 12.1. The van der Waals surface area contributed by atoms with Gasteiger partial charge in [-0.1, -0.05) is 31.6 Å². The third kappa shape index (κ3) is 3.04. The summed E-state index contributed by atoms with van der Waals surface area (Å²) in [5.41, 5.74) is 2.42. The molecule has 27 heavy (non-hydrogen) atoms. The van der Waals surface area contributed by atoms with Crippen LogP contribution in [0.5, 0.6) is 0 Å².